The van der Waals surface area contributed by atoms with Crippen LogP contribution < -0.4 is 10.6 Å². The lowest BCUT2D eigenvalue weighted by atomic mass is 9.94. The van der Waals surface area contributed by atoms with Crippen molar-refractivity contribution >= 4 is 21.6 Å². The van der Waals surface area contributed by atoms with Crippen LogP contribution in [-0.4, -0.2) is 55.7 Å². The van der Waals surface area contributed by atoms with E-state index in [1.807, 2.05) is 6.07 Å². The quantitative estimate of drug-likeness (QED) is 0.713. The van der Waals surface area contributed by atoms with Gasteiger partial charge in [-0.1, -0.05) is 13.8 Å². The molecule has 0 radical (unpaired) electrons. The first-order chi connectivity index (χ1) is 12.3. The van der Waals surface area contributed by atoms with E-state index in [1.54, 1.807) is 6.20 Å². The number of hydrogen-bond donors (Lipinski definition) is 2. The standard InChI is InChI=1S/C18H30N4O3S/c1-13(2)16-14(5-4-10-25-16)21-15-6-9-19-17(22-15)20-11-18(7-8-18)12-26(3,23)24/h6,9,13-14,16H,4-5,7-8,10-12H2,1-3H3,(H2,19,20,21,22). The molecule has 2 aliphatic rings. The molecule has 0 spiro atoms. The highest BCUT2D eigenvalue weighted by atomic mass is 32.2. The van der Waals surface area contributed by atoms with Crippen molar-refractivity contribution in [3.8, 4) is 0 Å². The van der Waals surface area contributed by atoms with Crippen molar-refractivity contribution in [2.24, 2.45) is 11.3 Å². The Morgan fingerprint density at radius 3 is 2.81 bits per heavy atom. The summed E-state index contributed by atoms with van der Waals surface area (Å²) in [5.74, 6) is 1.97. The molecule has 1 saturated carbocycles. The van der Waals surface area contributed by atoms with Gasteiger partial charge in [-0.2, -0.15) is 4.98 Å². The highest BCUT2D eigenvalue weighted by Gasteiger charge is 2.45. The van der Waals surface area contributed by atoms with E-state index in [0.717, 1.165) is 38.1 Å². The molecule has 8 heteroatoms. The van der Waals surface area contributed by atoms with Gasteiger partial charge in [0.2, 0.25) is 5.95 Å². The zero-order valence-corrected chi connectivity index (χ0v) is 16.7. The van der Waals surface area contributed by atoms with Crippen LogP contribution in [0.5, 0.6) is 0 Å². The minimum absolute atomic E-state index is 0.152. The summed E-state index contributed by atoms with van der Waals surface area (Å²) < 4.78 is 29.1. The predicted molar refractivity (Wildman–Crippen MR) is 103 cm³/mol. The van der Waals surface area contributed by atoms with E-state index in [0.29, 0.717) is 18.4 Å². The third-order valence-corrected chi connectivity index (χ3v) is 6.30. The van der Waals surface area contributed by atoms with Crippen LogP contribution in [0, 0.1) is 11.3 Å². The third-order valence-electron chi connectivity index (χ3n) is 5.16. The fraction of sp³-hybridized carbons (Fsp3) is 0.778. The van der Waals surface area contributed by atoms with Crippen LogP contribution in [0.2, 0.25) is 0 Å². The fourth-order valence-electron chi connectivity index (χ4n) is 3.70. The second-order valence-electron chi connectivity index (χ2n) is 8.16. The number of ether oxygens (including phenoxy) is 1. The molecule has 26 heavy (non-hydrogen) atoms. The zero-order valence-electron chi connectivity index (χ0n) is 15.9. The number of hydrogen-bond acceptors (Lipinski definition) is 7. The topological polar surface area (TPSA) is 93.2 Å². The van der Waals surface area contributed by atoms with Gasteiger partial charge >= 0.3 is 0 Å². The Hall–Kier alpha value is -1.41. The maximum Gasteiger partial charge on any atom is 0.224 e. The smallest absolute Gasteiger partial charge is 0.224 e. The number of sulfone groups is 1. The summed E-state index contributed by atoms with van der Waals surface area (Å²) in [7, 11) is -2.97. The Labute approximate surface area is 156 Å². The highest BCUT2D eigenvalue weighted by molar-refractivity contribution is 7.90. The molecule has 2 heterocycles. The van der Waals surface area contributed by atoms with Crippen molar-refractivity contribution in [2.45, 2.75) is 51.7 Å². The van der Waals surface area contributed by atoms with Gasteiger partial charge in [-0.25, -0.2) is 13.4 Å². The van der Waals surface area contributed by atoms with Gasteiger partial charge in [0.15, 0.2) is 0 Å². The second-order valence-corrected chi connectivity index (χ2v) is 10.3. The first-order valence-electron chi connectivity index (χ1n) is 9.39. The molecule has 146 valence electrons. The Kier molecular flexibility index (Phi) is 5.72. The number of nitrogens with zero attached hydrogens (tertiary/aromatic N) is 2. The fourth-order valence-corrected chi connectivity index (χ4v) is 5.20. The summed E-state index contributed by atoms with van der Waals surface area (Å²) in [6.45, 7) is 5.76. The van der Waals surface area contributed by atoms with Crippen LogP contribution in [0.1, 0.15) is 39.5 Å². The van der Waals surface area contributed by atoms with E-state index in [4.69, 9.17) is 4.74 Å². The number of aromatic nitrogens is 2. The average Bonchev–Trinajstić information content (AvgIpc) is 3.31. The van der Waals surface area contributed by atoms with Crippen LogP contribution in [0.3, 0.4) is 0 Å². The van der Waals surface area contributed by atoms with Crippen molar-refractivity contribution in [1.29, 1.82) is 0 Å². The van der Waals surface area contributed by atoms with Gasteiger partial charge < -0.3 is 15.4 Å². The van der Waals surface area contributed by atoms with Gasteiger partial charge in [-0.05, 0) is 37.7 Å². The molecular weight excluding hydrogens is 352 g/mol. The second kappa shape index (κ2) is 7.68. The Morgan fingerprint density at radius 2 is 2.15 bits per heavy atom. The molecule has 2 fully saturated rings. The molecule has 1 saturated heterocycles. The van der Waals surface area contributed by atoms with Crippen LogP contribution in [-0.2, 0) is 14.6 Å². The summed E-state index contributed by atoms with van der Waals surface area (Å²) in [5.41, 5.74) is -0.152. The SMILES string of the molecule is CC(C)C1OCCCC1Nc1ccnc(NCC2(CS(C)(=O)=O)CC2)n1. The van der Waals surface area contributed by atoms with E-state index < -0.39 is 9.84 Å². The molecular formula is C18H30N4O3S. The lowest BCUT2D eigenvalue weighted by molar-refractivity contribution is -0.0203. The molecule has 3 rings (SSSR count). The first kappa shape index (κ1) is 19.4. The molecule has 0 bridgehead atoms. The number of anilines is 2. The average molecular weight is 383 g/mol. The number of nitrogens with one attached hydrogen (secondary N) is 2. The van der Waals surface area contributed by atoms with Crippen LogP contribution in [0.25, 0.3) is 0 Å². The van der Waals surface area contributed by atoms with Crippen molar-refractivity contribution in [1.82, 2.24) is 9.97 Å². The Balaban J connectivity index is 1.60. The van der Waals surface area contributed by atoms with Crippen molar-refractivity contribution in [3.63, 3.8) is 0 Å². The molecule has 1 aliphatic heterocycles. The molecule has 2 N–H and O–H groups in total. The number of rotatable bonds is 8. The first-order valence-corrected chi connectivity index (χ1v) is 11.5. The van der Waals surface area contributed by atoms with Crippen LogP contribution in [0.15, 0.2) is 12.3 Å². The minimum atomic E-state index is -2.97. The van der Waals surface area contributed by atoms with Gasteiger partial charge in [0.05, 0.1) is 17.9 Å². The maximum absolute atomic E-state index is 11.6. The molecule has 0 amide bonds. The molecule has 1 aliphatic carbocycles. The van der Waals surface area contributed by atoms with E-state index in [-0.39, 0.29) is 23.3 Å². The maximum atomic E-state index is 11.6. The van der Waals surface area contributed by atoms with Gasteiger partial charge in [0.25, 0.3) is 0 Å². The lowest BCUT2D eigenvalue weighted by Crippen LogP contribution is -2.43. The summed E-state index contributed by atoms with van der Waals surface area (Å²) in [6, 6.07) is 2.10. The van der Waals surface area contributed by atoms with Crippen LogP contribution >= 0.6 is 0 Å². The Morgan fingerprint density at radius 1 is 1.38 bits per heavy atom. The monoisotopic (exact) mass is 382 g/mol. The van der Waals surface area contributed by atoms with Crippen molar-refractivity contribution in [3.05, 3.63) is 12.3 Å². The molecule has 1 aromatic rings. The van der Waals surface area contributed by atoms with Crippen molar-refractivity contribution in [2.75, 3.05) is 35.8 Å². The van der Waals surface area contributed by atoms with E-state index in [9.17, 15) is 8.42 Å². The third kappa shape index (κ3) is 5.30. The summed E-state index contributed by atoms with van der Waals surface area (Å²) in [6.07, 6.45) is 7.17. The van der Waals surface area contributed by atoms with Gasteiger partial charge in [-0.3, -0.25) is 0 Å². The van der Waals surface area contributed by atoms with Gasteiger partial charge in [-0.15, -0.1) is 0 Å². The summed E-state index contributed by atoms with van der Waals surface area (Å²) in [4.78, 5) is 8.82. The molecule has 7 nitrogen and oxygen atoms in total. The van der Waals surface area contributed by atoms with Crippen LogP contribution in [0.4, 0.5) is 11.8 Å². The largest absolute Gasteiger partial charge is 0.376 e. The molecule has 2 atom stereocenters. The minimum Gasteiger partial charge on any atom is -0.376 e. The molecule has 2 unspecified atom stereocenters. The Bertz CT molecular complexity index is 719. The predicted octanol–water partition coefficient (Wildman–Crippen LogP) is 2.33. The van der Waals surface area contributed by atoms with E-state index >= 15 is 0 Å². The molecule has 0 aromatic carbocycles. The van der Waals surface area contributed by atoms with Crippen molar-refractivity contribution < 1.29 is 13.2 Å². The van der Waals surface area contributed by atoms with E-state index in [1.165, 1.54) is 6.26 Å². The lowest BCUT2D eigenvalue weighted by Gasteiger charge is -2.35. The molecule has 1 aromatic heterocycles. The van der Waals surface area contributed by atoms with Gasteiger partial charge in [0.1, 0.15) is 15.7 Å². The highest BCUT2D eigenvalue weighted by Crippen LogP contribution is 2.46. The zero-order chi connectivity index (χ0) is 18.8. The van der Waals surface area contributed by atoms with Gasteiger partial charge in [0, 0.05) is 31.0 Å². The summed E-state index contributed by atoms with van der Waals surface area (Å²) >= 11 is 0. The van der Waals surface area contributed by atoms with E-state index in [2.05, 4.69) is 34.4 Å². The normalized spacial score (nSPS) is 25.1. The summed E-state index contributed by atoms with van der Waals surface area (Å²) in [5, 5.41) is 6.72.